The highest BCUT2D eigenvalue weighted by Gasteiger charge is 2.34. The summed E-state index contributed by atoms with van der Waals surface area (Å²) in [6, 6.07) is 0. The molecule has 15 heavy (non-hydrogen) atoms. The highest BCUT2D eigenvalue weighted by molar-refractivity contribution is 4.75. The van der Waals surface area contributed by atoms with E-state index < -0.39 is 5.79 Å². The molecule has 2 rings (SSSR count). The number of hydrogen-bond donors (Lipinski definition) is 0. The molecule has 2 nitrogen and oxygen atoms in total. The Morgan fingerprint density at radius 2 is 1.33 bits per heavy atom. The van der Waals surface area contributed by atoms with Crippen molar-refractivity contribution in [2.75, 3.05) is 0 Å². The summed E-state index contributed by atoms with van der Waals surface area (Å²) in [6.07, 6.45) is 12.4. The van der Waals surface area contributed by atoms with Gasteiger partial charge in [0, 0.05) is 12.8 Å². The molecule has 2 fully saturated rings. The number of hydrogen-bond acceptors (Lipinski definition) is 1. The highest BCUT2D eigenvalue weighted by Crippen LogP contribution is 2.33. The van der Waals surface area contributed by atoms with Crippen LogP contribution < -0.4 is 0 Å². The fourth-order valence-electron chi connectivity index (χ4n) is 2.87. The first-order chi connectivity index (χ1) is 7.29. The summed E-state index contributed by atoms with van der Waals surface area (Å²) in [5.74, 6) is -1.03. The van der Waals surface area contributed by atoms with E-state index in [2.05, 4.69) is 0 Å². The molecule has 0 atom stereocenters. The van der Waals surface area contributed by atoms with Gasteiger partial charge >= 0.3 is 0 Å². The third-order valence-corrected chi connectivity index (χ3v) is 3.80. The summed E-state index contributed by atoms with van der Waals surface area (Å²) in [7, 11) is 0. The second-order valence-corrected chi connectivity index (χ2v) is 5.20. The van der Waals surface area contributed by atoms with Crippen LogP contribution in [0, 0.1) is 0 Å². The van der Waals surface area contributed by atoms with Gasteiger partial charge in [-0.3, -0.25) is 0 Å². The van der Waals surface area contributed by atoms with Crippen LogP contribution in [0.1, 0.15) is 70.6 Å². The van der Waals surface area contributed by atoms with Crippen LogP contribution in [0.4, 0.5) is 0 Å². The largest absolute Gasteiger partial charge is 0.344 e. The van der Waals surface area contributed by atoms with Crippen LogP contribution in [0.15, 0.2) is 0 Å². The SMILES string of the molecule is [O]C1(OC2CCCCC2)CCCCCC1. The van der Waals surface area contributed by atoms with Crippen molar-refractivity contribution in [3.8, 4) is 0 Å². The second-order valence-electron chi connectivity index (χ2n) is 5.20. The molecule has 0 bridgehead atoms. The van der Waals surface area contributed by atoms with Crippen molar-refractivity contribution in [3.05, 3.63) is 0 Å². The molecule has 0 spiro atoms. The lowest BCUT2D eigenvalue weighted by Crippen LogP contribution is -2.35. The normalized spacial score (nSPS) is 28.6. The Morgan fingerprint density at radius 1 is 0.800 bits per heavy atom. The van der Waals surface area contributed by atoms with Crippen LogP contribution in [-0.2, 0) is 9.84 Å². The quantitative estimate of drug-likeness (QED) is 0.504. The van der Waals surface area contributed by atoms with Crippen LogP contribution in [-0.4, -0.2) is 11.9 Å². The average Bonchev–Trinajstić information content (AvgIpc) is 2.45. The first kappa shape index (κ1) is 11.4. The molecule has 0 aromatic heterocycles. The van der Waals surface area contributed by atoms with Gasteiger partial charge in [-0.2, -0.15) is 5.11 Å². The molecule has 0 heterocycles. The van der Waals surface area contributed by atoms with E-state index >= 15 is 0 Å². The Labute approximate surface area is 93.0 Å². The zero-order valence-electron chi connectivity index (χ0n) is 9.67. The Morgan fingerprint density at radius 3 is 1.93 bits per heavy atom. The Balaban J connectivity index is 1.83. The summed E-state index contributed by atoms with van der Waals surface area (Å²) >= 11 is 0. The lowest BCUT2D eigenvalue weighted by atomic mass is 9.97. The molecule has 0 aromatic carbocycles. The van der Waals surface area contributed by atoms with E-state index in [4.69, 9.17) is 4.74 Å². The zero-order chi connectivity index (χ0) is 10.6. The highest BCUT2D eigenvalue weighted by atomic mass is 16.6. The van der Waals surface area contributed by atoms with E-state index in [1.165, 1.54) is 32.1 Å². The maximum Gasteiger partial charge on any atom is 0.201 e. The molecule has 0 aromatic rings. The van der Waals surface area contributed by atoms with E-state index in [0.717, 1.165) is 38.5 Å². The van der Waals surface area contributed by atoms with Crippen LogP contribution in [0.2, 0.25) is 0 Å². The van der Waals surface area contributed by atoms with E-state index in [0.29, 0.717) is 0 Å². The molecule has 0 saturated heterocycles. The lowest BCUT2D eigenvalue weighted by Gasteiger charge is -2.31. The second kappa shape index (κ2) is 5.31. The maximum atomic E-state index is 12.4. The average molecular weight is 211 g/mol. The predicted octanol–water partition coefficient (Wildman–Crippen LogP) is 3.82. The minimum atomic E-state index is -1.03. The van der Waals surface area contributed by atoms with Gasteiger partial charge < -0.3 is 4.74 Å². The molecule has 2 aliphatic rings. The van der Waals surface area contributed by atoms with Gasteiger partial charge in [-0.25, -0.2) is 0 Å². The lowest BCUT2D eigenvalue weighted by molar-refractivity contribution is -0.273. The molecular formula is C13H23O2. The van der Waals surface area contributed by atoms with Crippen molar-refractivity contribution in [2.24, 2.45) is 0 Å². The summed E-state index contributed by atoms with van der Waals surface area (Å²) in [6.45, 7) is 0. The number of rotatable bonds is 2. The predicted molar refractivity (Wildman–Crippen MR) is 59.1 cm³/mol. The van der Waals surface area contributed by atoms with Crippen molar-refractivity contribution in [2.45, 2.75) is 82.5 Å². The Hall–Kier alpha value is -0.0800. The van der Waals surface area contributed by atoms with Crippen LogP contribution in [0.25, 0.3) is 0 Å². The number of ether oxygens (including phenoxy) is 1. The van der Waals surface area contributed by atoms with Crippen LogP contribution in [0.3, 0.4) is 0 Å². The van der Waals surface area contributed by atoms with E-state index in [1.807, 2.05) is 0 Å². The topological polar surface area (TPSA) is 29.1 Å². The van der Waals surface area contributed by atoms with Crippen LogP contribution in [0.5, 0.6) is 0 Å². The molecule has 0 N–H and O–H groups in total. The van der Waals surface area contributed by atoms with Gasteiger partial charge in [0.25, 0.3) is 0 Å². The summed E-state index contributed by atoms with van der Waals surface area (Å²) in [4.78, 5) is 0. The molecule has 0 unspecified atom stereocenters. The van der Waals surface area contributed by atoms with Gasteiger partial charge in [0.15, 0.2) is 0 Å². The van der Waals surface area contributed by atoms with Gasteiger partial charge in [0.05, 0.1) is 6.10 Å². The van der Waals surface area contributed by atoms with Crippen molar-refractivity contribution >= 4 is 0 Å². The van der Waals surface area contributed by atoms with Gasteiger partial charge in [0.1, 0.15) is 0 Å². The van der Waals surface area contributed by atoms with Gasteiger partial charge in [-0.05, 0) is 25.7 Å². The molecule has 0 aliphatic heterocycles. The molecule has 0 amide bonds. The first-order valence-corrected chi connectivity index (χ1v) is 6.67. The Kier molecular flexibility index (Phi) is 4.04. The summed E-state index contributed by atoms with van der Waals surface area (Å²) < 4.78 is 5.84. The van der Waals surface area contributed by atoms with Crippen LogP contribution >= 0.6 is 0 Å². The summed E-state index contributed by atoms with van der Waals surface area (Å²) in [5.41, 5.74) is 0. The molecule has 2 saturated carbocycles. The minimum Gasteiger partial charge on any atom is -0.344 e. The smallest absolute Gasteiger partial charge is 0.201 e. The van der Waals surface area contributed by atoms with Crippen molar-refractivity contribution in [3.63, 3.8) is 0 Å². The van der Waals surface area contributed by atoms with Crippen molar-refractivity contribution in [1.29, 1.82) is 0 Å². The third kappa shape index (κ3) is 3.46. The molecule has 1 radical (unpaired) electrons. The first-order valence-electron chi connectivity index (χ1n) is 6.67. The molecule has 87 valence electrons. The molecular weight excluding hydrogens is 188 g/mol. The maximum absolute atomic E-state index is 12.4. The van der Waals surface area contributed by atoms with E-state index in [9.17, 15) is 5.11 Å². The monoisotopic (exact) mass is 211 g/mol. The van der Waals surface area contributed by atoms with Gasteiger partial charge in [-0.15, -0.1) is 0 Å². The van der Waals surface area contributed by atoms with Crippen molar-refractivity contribution in [1.82, 2.24) is 0 Å². The Bertz CT molecular complexity index is 177. The molecule has 2 heteroatoms. The summed E-state index contributed by atoms with van der Waals surface area (Å²) in [5, 5.41) is 12.4. The van der Waals surface area contributed by atoms with Crippen molar-refractivity contribution < 1.29 is 9.84 Å². The zero-order valence-corrected chi connectivity index (χ0v) is 9.67. The fraction of sp³-hybridized carbons (Fsp3) is 1.00. The van der Waals surface area contributed by atoms with E-state index in [1.54, 1.807) is 0 Å². The molecule has 2 aliphatic carbocycles. The third-order valence-electron chi connectivity index (χ3n) is 3.80. The van der Waals surface area contributed by atoms with Gasteiger partial charge in [0.2, 0.25) is 5.79 Å². The minimum absolute atomic E-state index is 0.273. The standard InChI is InChI=1S/C13H23O2/c14-13(10-6-1-2-7-11-13)15-12-8-4-3-5-9-12/h12H,1-11H2. The van der Waals surface area contributed by atoms with Gasteiger partial charge in [-0.1, -0.05) is 32.1 Å². The van der Waals surface area contributed by atoms with E-state index in [-0.39, 0.29) is 6.10 Å². The fourth-order valence-corrected chi connectivity index (χ4v) is 2.87.